The number of hydrogen-bond donors (Lipinski definition) is 0. The van der Waals surface area contributed by atoms with Crippen LogP contribution in [0.2, 0.25) is 0 Å². The molecule has 0 spiro atoms. The van der Waals surface area contributed by atoms with E-state index in [0.717, 1.165) is 11.1 Å². The van der Waals surface area contributed by atoms with Gasteiger partial charge < -0.3 is 9.47 Å². The Bertz CT molecular complexity index is 1140. The van der Waals surface area contributed by atoms with E-state index in [1.54, 1.807) is 25.3 Å². The smallest absolute Gasteiger partial charge is 0.266 e. The first kappa shape index (κ1) is 21.9. The lowest BCUT2D eigenvalue weighted by Gasteiger charge is -2.20. The molecule has 2 aliphatic rings. The molecule has 2 fully saturated rings. The van der Waals surface area contributed by atoms with Gasteiger partial charge in [0.15, 0.2) is 21.3 Å². The van der Waals surface area contributed by atoms with E-state index in [4.69, 9.17) is 21.7 Å². The molecular formula is C22H21NO5S3. The average molecular weight is 476 g/mol. The van der Waals surface area contributed by atoms with Crippen LogP contribution in [-0.4, -0.2) is 48.2 Å². The number of rotatable bonds is 6. The van der Waals surface area contributed by atoms with Crippen LogP contribution in [0.25, 0.3) is 6.08 Å². The number of sulfone groups is 1. The minimum Gasteiger partial charge on any atom is -0.493 e. The average Bonchev–Trinajstić information content (AvgIpc) is 3.25. The van der Waals surface area contributed by atoms with Crippen molar-refractivity contribution in [2.45, 2.75) is 19.1 Å². The quantitative estimate of drug-likeness (QED) is 0.466. The summed E-state index contributed by atoms with van der Waals surface area (Å²) in [5, 5.41) is 0. The molecule has 0 aliphatic carbocycles. The van der Waals surface area contributed by atoms with Crippen molar-refractivity contribution in [1.29, 1.82) is 0 Å². The van der Waals surface area contributed by atoms with Gasteiger partial charge in [0.25, 0.3) is 5.91 Å². The predicted molar refractivity (Wildman–Crippen MR) is 126 cm³/mol. The molecule has 1 atom stereocenters. The summed E-state index contributed by atoms with van der Waals surface area (Å²) in [4.78, 5) is 14.8. The molecule has 31 heavy (non-hydrogen) atoms. The first-order valence-corrected chi connectivity index (χ1v) is 12.7. The van der Waals surface area contributed by atoms with Gasteiger partial charge in [-0.2, -0.15) is 0 Å². The summed E-state index contributed by atoms with van der Waals surface area (Å²) in [5.41, 5.74) is 1.81. The second-order valence-corrected chi connectivity index (χ2v) is 11.2. The first-order chi connectivity index (χ1) is 14.9. The number of carbonyl (C=O) groups is 1. The van der Waals surface area contributed by atoms with Crippen LogP contribution < -0.4 is 9.47 Å². The SMILES string of the molecule is COc1cc(/C=C2/SC(=S)N(C3CCS(=O)(=O)C3)C2=O)ccc1OCc1ccccc1. The van der Waals surface area contributed by atoms with Crippen LogP contribution in [0.5, 0.6) is 11.5 Å². The molecule has 0 bridgehead atoms. The minimum absolute atomic E-state index is 0.0337. The number of ether oxygens (including phenoxy) is 2. The molecule has 0 saturated carbocycles. The maximum Gasteiger partial charge on any atom is 0.266 e. The van der Waals surface area contributed by atoms with Gasteiger partial charge in [-0.3, -0.25) is 9.69 Å². The van der Waals surface area contributed by atoms with Crippen molar-refractivity contribution in [3.8, 4) is 11.5 Å². The summed E-state index contributed by atoms with van der Waals surface area (Å²) in [6.45, 7) is 0.416. The lowest BCUT2D eigenvalue weighted by molar-refractivity contribution is -0.123. The molecule has 0 N–H and O–H groups in total. The Balaban J connectivity index is 1.50. The first-order valence-electron chi connectivity index (χ1n) is 9.68. The van der Waals surface area contributed by atoms with Crippen LogP contribution in [0.1, 0.15) is 17.5 Å². The fraction of sp³-hybridized carbons (Fsp3) is 0.273. The molecule has 2 aromatic carbocycles. The number of benzene rings is 2. The lowest BCUT2D eigenvalue weighted by atomic mass is 10.1. The summed E-state index contributed by atoms with van der Waals surface area (Å²) >= 11 is 6.55. The van der Waals surface area contributed by atoms with Crippen LogP contribution in [-0.2, 0) is 21.2 Å². The zero-order valence-electron chi connectivity index (χ0n) is 16.8. The standard InChI is InChI=1S/C22H21NO5S3/c1-27-19-11-16(7-8-18(19)28-13-15-5-3-2-4-6-15)12-20-21(24)23(22(29)30-20)17-9-10-31(25,26)14-17/h2-8,11-12,17H,9-10,13-14H2,1H3/b20-12+. The molecule has 162 valence electrons. The largest absolute Gasteiger partial charge is 0.493 e. The summed E-state index contributed by atoms with van der Waals surface area (Å²) in [5.74, 6) is 0.971. The highest BCUT2D eigenvalue weighted by atomic mass is 32.2. The molecule has 1 unspecified atom stereocenters. The monoisotopic (exact) mass is 475 g/mol. The third-order valence-corrected chi connectivity index (χ3v) is 8.20. The van der Waals surface area contributed by atoms with E-state index in [0.29, 0.717) is 33.8 Å². The Morgan fingerprint density at radius 3 is 2.65 bits per heavy atom. The number of carbonyl (C=O) groups excluding carboxylic acids is 1. The summed E-state index contributed by atoms with van der Waals surface area (Å²) in [6, 6.07) is 14.9. The topological polar surface area (TPSA) is 72.9 Å². The number of nitrogens with zero attached hydrogens (tertiary/aromatic N) is 1. The van der Waals surface area contributed by atoms with E-state index in [1.807, 2.05) is 36.4 Å². The Kier molecular flexibility index (Phi) is 6.36. The molecule has 2 saturated heterocycles. The molecule has 2 aromatic rings. The number of thiocarbonyl (C=S) groups is 1. The van der Waals surface area contributed by atoms with Gasteiger partial charge in [0.2, 0.25) is 0 Å². The van der Waals surface area contributed by atoms with E-state index in [-0.39, 0.29) is 23.5 Å². The van der Waals surface area contributed by atoms with Crippen LogP contribution in [0.15, 0.2) is 53.4 Å². The number of methoxy groups -OCH3 is 1. The van der Waals surface area contributed by atoms with Crippen molar-refractivity contribution >= 4 is 50.1 Å². The Morgan fingerprint density at radius 2 is 1.97 bits per heavy atom. The Labute approximate surface area is 191 Å². The maximum atomic E-state index is 12.9. The molecular weight excluding hydrogens is 454 g/mol. The Morgan fingerprint density at radius 1 is 1.19 bits per heavy atom. The van der Waals surface area contributed by atoms with Crippen LogP contribution in [0.3, 0.4) is 0 Å². The lowest BCUT2D eigenvalue weighted by Crippen LogP contribution is -2.39. The van der Waals surface area contributed by atoms with Crippen molar-refractivity contribution in [2.24, 2.45) is 0 Å². The van der Waals surface area contributed by atoms with E-state index < -0.39 is 9.84 Å². The van der Waals surface area contributed by atoms with Gasteiger partial charge in [0.05, 0.1) is 29.6 Å². The molecule has 0 radical (unpaired) electrons. The minimum atomic E-state index is -3.11. The van der Waals surface area contributed by atoms with Gasteiger partial charge in [0.1, 0.15) is 10.9 Å². The molecule has 4 rings (SSSR count). The van der Waals surface area contributed by atoms with Crippen molar-refractivity contribution in [3.05, 3.63) is 64.6 Å². The molecule has 1 amide bonds. The van der Waals surface area contributed by atoms with Gasteiger partial charge >= 0.3 is 0 Å². The number of amides is 1. The third-order valence-electron chi connectivity index (χ3n) is 5.12. The van der Waals surface area contributed by atoms with E-state index in [1.165, 1.54) is 16.7 Å². The summed E-state index contributed by atoms with van der Waals surface area (Å²) in [7, 11) is -1.54. The fourth-order valence-electron chi connectivity index (χ4n) is 3.55. The summed E-state index contributed by atoms with van der Waals surface area (Å²) < 4.78 is 35.3. The summed E-state index contributed by atoms with van der Waals surface area (Å²) in [6.07, 6.45) is 2.16. The third kappa shape index (κ3) is 4.94. The fourth-order valence-corrected chi connectivity index (χ4v) is 6.65. The van der Waals surface area contributed by atoms with Gasteiger partial charge in [-0.05, 0) is 35.8 Å². The number of hydrogen-bond acceptors (Lipinski definition) is 7. The second-order valence-electron chi connectivity index (χ2n) is 7.29. The van der Waals surface area contributed by atoms with E-state index in [2.05, 4.69) is 0 Å². The predicted octanol–water partition coefficient (Wildman–Crippen LogP) is 3.66. The van der Waals surface area contributed by atoms with Gasteiger partial charge in [-0.25, -0.2) is 8.42 Å². The van der Waals surface area contributed by atoms with Gasteiger partial charge in [-0.1, -0.05) is 60.4 Å². The van der Waals surface area contributed by atoms with Crippen molar-refractivity contribution < 1.29 is 22.7 Å². The molecule has 6 nitrogen and oxygen atoms in total. The van der Waals surface area contributed by atoms with Crippen LogP contribution >= 0.6 is 24.0 Å². The maximum absolute atomic E-state index is 12.9. The van der Waals surface area contributed by atoms with Crippen LogP contribution in [0, 0.1) is 0 Å². The van der Waals surface area contributed by atoms with E-state index >= 15 is 0 Å². The highest BCUT2D eigenvalue weighted by Crippen LogP contribution is 2.37. The molecule has 2 heterocycles. The highest BCUT2D eigenvalue weighted by molar-refractivity contribution is 8.26. The van der Waals surface area contributed by atoms with Crippen molar-refractivity contribution in [2.75, 3.05) is 18.6 Å². The van der Waals surface area contributed by atoms with Crippen LogP contribution in [0.4, 0.5) is 0 Å². The Hall–Kier alpha value is -2.36. The van der Waals surface area contributed by atoms with E-state index in [9.17, 15) is 13.2 Å². The highest BCUT2D eigenvalue weighted by Gasteiger charge is 2.42. The zero-order chi connectivity index (χ0) is 22.0. The molecule has 0 aromatic heterocycles. The molecule has 9 heteroatoms. The van der Waals surface area contributed by atoms with Gasteiger partial charge in [0, 0.05) is 0 Å². The van der Waals surface area contributed by atoms with Crippen molar-refractivity contribution in [3.63, 3.8) is 0 Å². The number of thioether (sulfide) groups is 1. The normalized spacial score (nSPS) is 21.6. The van der Waals surface area contributed by atoms with Crippen molar-refractivity contribution in [1.82, 2.24) is 4.90 Å². The van der Waals surface area contributed by atoms with Gasteiger partial charge in [-0.15, -0.1) is 0 Å². The molecule has 2 aliphatic heterocycles. The zero-order valence-corrected chi connectivity index (χ0v) is 19.3. The second kappa shape index (κ2) is 9.02.